The van der Waals surface area contributed by atoms with E-state index in [1.165, 1.54) is 12.3 Å². The summed E-state index contributed by atoms with van der Waals surface area (Å²) >= 11 is 7.04. The average Bonchev–Trinajstić information content (AvgIpc) is 2.11. The summed E-state index contributed by atoms with van der Waals surface area (Å²) < 4.78 is 3.55. The van der Waals surface area contributed by atoms with Gasteiger partial charge in [-0.2, -0.15) is 0 Å². The van der Waals surface area contributed by atoms with Crippen LogP contribution in [-0.2, 0) is 0 Å². The number of nitrogens with zero attached hydrogens (tertiary/aromatic N) is 1. The van der Waals surface area contributed by atoms with Gasteiger partial charge in [0.15, 0.2) is 0 Å². The Kier molecular flexibility index (Phi) is 2.42. The highest BCUT2D eigenvalue weighted by Gasteiger charge is 2.29. The minimum absolute atomic E-state index is 1.12. The van der Waals surface area contributed by atoms with Gasteiger partial charge in [-0.15, -0.1) is 0 Å². The Morgan fingerprint density at radius 3 is 2.30 bits per heavy atom. The van der Waals surface area contributed by atoms with Crippen molar-refractivity contribution in [1.29, 1.82) is 0 Å². The molecule has 0 aromatic rings. The highest BCUT2D eigenvalue weighted by Crippen LogP contribution is 2.23. The van der Waals surface area contributed by atoms with Crippen LogP contribution in [-0.4, -0.2) is 29.4 Å². The van der Waals surface area contributed by atoms with Crippen LogP contribution in [0.2, 0.25) is 19.6 Å². The lowest BCUT2D eigenvalue weighted by atomic mass is 10.8. The van der Waals surface area contributed by atoms with Gasteiger partial charge < -0.3 is 4.57 Å². The van der Waals surface area contributed by atoms with Crippen LogP contribution < -0.4 is 0 Å². The maximum atomic E-state index is 5.21. The number of thioether (sulfide) groups is 1. The molecule has 0 aromatic carbocycles. The Hall–Kier alpha value is 0.457. The fourth-order valence-corrected chi connectivity index (χ4v) is 5.37. The van der Waals surface area contributed by atoms with Crippen molar-refractivity contribution < 1.29 is 0 Å². The van der Waals surface area contributed by atoms with Crippen LogP contribution in [0.4, 0.5) is 0 Å². The molecule has 1 aliphatic rings. The summed E-state index contributed by atoms with van der Waals surface area (Å²) in [5.41, 5.74) is 0. The van der Waals surface area contributed by atoms with Gasteiger partial charge in [-0.1, -0.05) is 43.6 Å². The van der Waals surface area contributed by atoms with Crippen molar-refractivity contribution in [3.8, 4) is 0 Å². The van der Waals surface area contributed by atoms with E-state index >= 15 is 0 Å². The van der Waals surface area contributed by atoms with Gasteiger partial charge in [-0.05, 0) is 0 Å². The van der Waals surface area contributed by atoms with E-state index < -0.39 is 8.24 Å². The molecule has 0 aromatic heterocycles. The SMILES string of the molecule is C[Si](C)(C)N1CCSC1=S. The average molecular weight is 191 g/mol. The van der Waals surface area contributed by atoms with Gasteiger partial charge in [0, 0.05) is 12.3 Å². The fourth-order valence-electron chi connectivity index (χ4n) is 1.00. The van der Waals surface area contributed by atoms with Crippen LogP contribution in [0.15, 0.2) is 0 Å². The molecule has 0 aliphatic carbocycles. The van der Waals surface area contributed by atoms with Crippen molar-refractivity contribution in [3.63, 3.8) is 0 Å². The molecule has 0 atom stereocenters. The number of thiocarbonyl (C=S) groups is 1. The summed E-state index contributed by atoms with van der Waals surface area (Å²) in [5, 5.41) is 0. The first-order chi connectivity index (χ1) is 4.52. The molecule has 0 radical (unpaired) electrons. The van der Waals surface area contributed by atoms with Crippen LogP contribution >= 0.6 is 24.0 Å². The van der Waals surface area contributed by atoms with E-state index in [2.05, 4.69) is 24.2 Å². The predicted molar refractivity (Wildman–Crippen MR) is 55.1 cm³/mol. The molecule has 0 unspecified atom stereocenters. The molecule has 0 bridgehead atoms. The molecule has 10 heavy (non-hydrogen) atoms. The number of rotatable bonds is 1. The van der Waals surface area contributed by atoms with Crippen molar-refractivity contribution >= 4 is 36.5 Å². The Balaban J connectivity index is 2.64. The molecule has 0 spiro atoms. The van der Waals surface area contributed by atoms with Crippen molar-refractivity contribution in [3.05, 3.63) is 0 Å². The van der Waals surface area contributed by atoms with Gasteiger partial charge in [0.2, 0.25) is 0 Å². The Morgan fingerprint density at radius 2 is 2.10 bits per heavy atom. The second kappa shape index (κ2) is 2.83. The topological polar surface area (TPSA) is 3.24 Å². The molecule has 58 valence electrons. The number of hydrogen-bond acceptors (Lipinski definition) is 2. The third kappa shape index (κ3) is 1.74. The summed E-state index contributed by atoms with van der Waals surface area (Å²) in [7, 11) is -1.12. The maximum absolute atomic E-state index is 5.21. The first kappa shape index (κ1) is 8.55. The first-order valence-corrected chi connectivity index (χ1v) is 8.30. The molecular weight excluding hydrogens is 178 g/mol. The molecule has 1 fully saturated rings. The zero-order chi connectivity index (χ0) is 7.78. The minimum atomic E-state index is -1.12. The smallest absolute Gasteiger partial charge is 0.149 e. The molecule has 1 saturated heterocycles. The van der Waals surface area contributed by atoms with Crippen molar-refractivity contribution in [2.24, 2.45) is 0 Å². The molecular formula is C6H13NS2Si. The summed E-state index contributed by atoms with van der Waals surface area (Å²) in [6, 6.07) is 0. The predicted octanol–water partition coefficient (Wildman–Crippen LogP) is 2.16. The van der Waals surface area contributed by atoms with Crippen molar-refractivity contribution in [1.82, 2.24) is 4.57 Å². The largest absolute Gasteiger partial charge is 0.384 e. The van der Waals surface area contributed by atoms with Gasteiger partial charge in [-0.25, -0.2) is 0 Å². The zero-order valence-electron chi connectivity index (χ0n) is 6.68. The molecule has 0 saturated carbocycles. The van der Waals surface area contributed by atoms with E-state index in [-0.39, 0.29) is 0 Å². The van der Waals surface area contributed by atoms with E-state index in [0.717, 1.165) is 4.32 Å². The van der Waals surface area contributed by atoms with Crippen LogP contribution in [0.3, 0.4) is 0 Å². The lowest BCUT2D eigenvalue weighted by Gasteiger charge is -2.30. The zero-order valence-corrected chi connectivity index (χ0v) is 9.31. The van der Waals surface area contributed by atoms with Gasteiger partial charge in [0.25, 0.3) is 0 Å². The standard InChI is InChI=1S/C6H13NS2Si/c1-10(2,3)7-4-5-9-6(7)8/h4-5H2,1-3H3. The molecule has 1 aliphatic heterocycles. The van der Waals surface area contributed by atoms with Gasteiger partial charge >= 0.3 is 0 Å². The third-order valence-corrected chi connectivity index (χ3v) is 5.39. The highest BCUT2D eigenvalue weighted by molar-refractivity contribution is 8.23. The summed E-state index contributed by atoms with van der Waals surface area (Å²) in [6.07, 6.45) is 0. The number of hydrogen-bond donors (Lipinski definition) is 0. The fraction of sp³-hybridized carbons (Fsp3) is 0.833. The molecule has 1 rings (SSSR count). The third-order valence-electron chi connectivity index (χ3n) is 1.57. The summed E-state index contributed by atoms with van der Waals surface area (Å²) in [5.74, 6) is 1.20. The summed E-state index contributed by atoms with van der Waals surface area (Å²) in [6.45, 7) is 8.20. The molecule has 0 N–H and O–H groups in total. The van der Waals surface area contributed by atoms with Crippen LogP contribution in [0.25, 0.3) is 0 Å². The lowest BCUT2D eigenvalue weighted by molar-refractivity contribution is 0.690. The molecule has 1 heterocycles. The van der Waals surface area contributed by atoms with E-state index in [1.54, 1.807) is 0 Å². The van der Waals surface area contributed by atoms with E-state index in [9.17, 15) is 0 Å². The van der Waals surface area contributed by atoms with Crippen molar-refractivity contribution in [2.75, 3.05) is 12.3 Å². The normalized spacial score (nSPS) is 20.3. The second-order valence-corrected chi connectivity index (χ2v) is 10.0. The monoisotopic (exact) mass is 191 g/mol. The quantitative estimate of drug-likeness (QED) is 0.462. The van der Waals surface area contributed by atoms with Gasteiger partial charge in [0.05, 0.1) is 0 Å². The Labute approximate surface area is 73.3 Å². The molecule has 4 heteroatoms. The van der Waals surface area contributed by atoms with Crippen LogP contribution in [0, 0.1) is 0 Å². The lowest BCUT2D eigenvalue weighted by Crippen LogP contribution is -2.45. The first-order valence-electron chi connectivity index (χ1n) is 3.46. The molecule has 1 nitrogen and oxygen atoms in total. The maximum Gasteiger partial charge on any atom is 0.149 e. The van der Waals surface area contributed by atoms with E-state index in [0.29, 0.717) is 0 Å². The molecule has 0 amide bonds. The van der Waals surface area contributed by atoms with E-state index in [4.69, 9.17) is 12.2 Å². The van der Waals surface area contributed by atoms with Crippen LogP contribution in [0.1, 0.15) is 0 Å². The Morgan fingerprint density at radius 1 is 1.50 bits per heavy atom. The van der Waals surface area contributed by atoms with Gasteiger partial charge in [0.1, 0.15) is 12.6 Å². The summed E-state index contributed by atoms with van der Waals surface area (Å²) in [4.78, 5) is 0. The van der Waals surface area contributed by atoms with E-state index in [1.807, 2.05) is 11.8 Å². The van der Waals surface area contributed by atoms with Crippen molar-refractivity contribution in [2.45, 2.75) is 19.6 Å². The van der Waals surface area contributed by atoms with Crippen LogP contribution in [0.5, 0.6) is 0 Å². The minimum Gasteiger partial charge on any atom is -0.384 e. The second-order valence-electron chi connectivity index (χ2n) is 3.44. The van der Waals surface area contributed by atoms with Gasteiger partial charge in [-0.3, -0.25) is 0 Å². The highest BCUT2D eigenvalue weighted by atomic mass is 32.2. The Bertz CT molecular complexity index is 152.